The summed E-state index contributed by atoms with van der Waals surface area (Å²) >= 11 is 0. The molecule has 1 aliphatic heterocycles. The Morgan fingerprint density at radius 1 is 1.58 bits per heavy atom. The summed E-state index contributed by atoms with van der Waals surface area (Å²) in [5.41, 5.74) is 0. The molecule has 0 aliphatic carbocycles. The minimum absolute atomic E-state index is 0.179. The van der Waals surface area contributed by atoms with Gasteiger partial charge < -0.3 is 19.6 Å². The first-order chi connectivity index (χ1) is 5.47. The van der Waals surface area contributed by atoms with E-state index in [1.165, 1.54) is 0 Å². The maximum atomic E-state index is 10.2. The Morgan fingerprint density at radius 3 is 2.67 bits per heavy atom. The molecule has 1 aliphatic rings. The Morgan fingerprint density at radius 2 is 2.25 bits per heavy atom. The fourth-order valence-electron chi connectivity index (χ4n) is 0.983. The highest BCUT2D eigenvalue weighted by atomic mass is 31.2. The van der Waals surface area contributed by atoms with Crippen molar-refractivity contribution in [3.63, 3.8) is 0 Å². The van der Waals surface area contributed by atoms with Crippen molar-refractivity contribution in [1.82, 2.24) is 0 Å². The van der Waals surface area contributed by atoms with Crippen LogP contribution in [0.25, 0.3) is 0 Å². The summed E-state index contributed by atoms with van der Waals surface area (Å²) in [5, 5.41) is 8.95. The molecule has 6 nitrogen and oxygen atoms in total. The molecule has 0 bridgehead atoms. The third kappa shape index (κ3) is 3.62. The van der Waals surface area contributed by atoms with Gasteiger partial charge in [-0.25, -0.2) is 4.57 Å². The van der Waals surface area contributed by atoms with Crippen LogP contribution >= 0.6 is 7.82 Å². The zero-order valence-corrected chi connectivity index (χ0v) is 7.18. The lowest BCUT2D eigenvalue weighted by Crippen LogP contribution is -2.13. The van der Waals surface area contributed by atoms with Crippen molar-refractivity contribution in [3.8, 4) is 0 Å². The fraction of sp³-hybridized carbons (Fsp3) is 1.00. The van der Waals surface area contributed by atoms with Crippen molar-refractivity contribution >= 4 is 7.82 Å². The largest absolute Gasteiger partial charge is 0.469 e. The maximum Gasteiger partial charge on any atom is 0.469 e. The predicted octanol–water partition coefficient (Wildman–Crippen LogP) is -0.755. The van der Waals surface area contributed by atoms with Crippen molar-refractivity contribution in [1.29, 1.82) is 0 Å². The van der Waals surface area contributed by atoms with Gasteiger partial charge in [0.15, 0.2) is 0 Å². The smallest absolute Gasteiger partial charge is 0.391 e. The van der Waals surface area contributed by atoms with Crippen LogP contribution in [-0.2, 0) is 13.8 Å². The lowest BCUT2D eigenvalue weighted by molar-refractivity contribution is 0.0485. The van der Waals surface area contributed by atoms with Crippen LogP contribution in [0.5, 0.6) is 0 Å². The molecule has 0 saturated carbocycles. The second-order valence-corrected chi connectivity index (χ2v) is 3.87. The van der Waals surface area contributed by atoms with E-state index in [1.807, 2.05) is 0 Å². The van der Waals surface area contributed by atoms with Gasteiger partial charge >= 0.3 is 7.82 Å². The van der Waals surface area contributed by atoms with E-state index in [0.29, 0.717) is 6.42 Å². The third-order valence-corrected chi connectivity index (χ3v) is 1.97. The average Bonchev–Trinajstić information content (AvgIpc) is 2.30. The van der Waals surface area contributed by atoms with Gasteiger partial charge in [0.2, 0.25) is 0 Å². The molecular formula is C5H11O6P. The third-order valence-electron chi connectivity index (χ3n) is 1.49. The molecule has 2 unspecified atom stereocenters. The summed E-state index contributed by atoms with van der Waals surface area (Å²) in [6.45, 7) is 0.0243. The van der Waals surface area contributed by atoms with E-state index in [0.717, 1.165) is 0 Å². The first kappa shape index (κ1) is 10.1. The van der Waals surface area contributed by atoms with E-state index in [1.54, 1.807) is 0 Å². The summed E-state index contributed by atoms with van der Waals surface area (Å²) in [5.74, 6) is 0. The molecule has 0 amide bonds. The van der Waals surface area contributed by atoms with Crippen LogP contribution in [0, 0.1) is 0 Å². The Balaban J connectivity index is 2.21. The van der Waals surface area contributed by atoms with Crippen LogP contribution in [0.3, 0.4) is 0 Å². The van der Waals surface area contributed by atoms with Crippen LogP contribution in [0.4, 0.5) is 0 Å². The Bertz CT molecular complexity index is 188. The summed E-state index contributed by atoms with van der Waals surface area (Å²) in [7, 11) is -4.40. The van der Waals surface area contributed by atoms with E-state index >= 15 is 0 Å². The summed E-state index contributed by atoms with van der Waals surface area (Å²) in [4.78, 5) is 16.6. The highest BCUT2D eigenvalue weighted by molar-refractivity contribution is 7.46. The number of aliphatic hydroxyl groups is 1. The number of rotatable bonds is 3. The van der Waals surface area contributed by atoms with Gasteiger partial charge in [0.05, 0.1) is 25.4 Å². The molecule has 1 fully saturated rings. The number of hydrogen-bond acceptors (Lipinski definition) is 4. The summed E-state index contributed by atoms with van der Waals surface area (Å²) in [6, 6.07) is 0. The van der Waals surface area contributed by atoms with Crippen LogP contribution in [0.15, 0.2) is 0 Å². The van der Waals surface area contributed by atoms with Crippen molar-refractivity contribution in [2.75, 3.05) is 13.2 Å². The Hall–Kier alpha value is 0.0300. The molecule has 3 N–H and O–H groups in total. The number of ether oxygens (including phenoxy) is 1. The highest BCUT2D eigenvalue weighted by Crippen LogP contribution is 2.36. The number of aliphatic hydroxyl groups excluding tert-OH is 1. The minimum Gasteiger partial charge on any atom is -0.391 e. The molecule has 0 aromatic rings. The van der Waals surface area contributed by atoms with Crippen molar-refractivity contribution in [2.45, 2.75) is 18.6 Å². The van der Waals surface area contributed by atoms with Gasteiger partial charge in [-0.15, -0.1) is 0 Å². The molecule has 12 heavy (non-hydrogen) atoms. The molecule has 1 saturated heterocycles. The second kappa shape index (κ2) is 3.83. The number of hydrogen-bond donors (Lipinski definition) is 3. The van der Waals surface area contributed by atoms with E-state index in [-0.39, 0.29) is 13.2 Å². The van der Waals surface area contributed by atoms with E-state index in [2.05, 4.69) is 4.52 Å². The molecule has 0 aromatic carbocycles. The molecule has 72 valence electrons. The quantitative estimate of drug-likeness (QED) is 0.516. The lowest BCUT2D eigenvalue weighted by Gasteiger charge is -2.09. The van der Waals surface area contributed by atoms with E-state index < -0.39 is 20.0 Å². The van der Waals surface area contributed by atoms with Crippen LogP contribution in [0.1, 0.15) is 6.42 Å². The van der Waals surface area contributed by atoms with Crippen molar-refractivity contribution < 1.29 is 28.7 Å². The molecule has 1 rings (SSSR count). The van der Waals surface area contributed by atoms with Crippen LogP contribution in [0.2, 0.25) is 0 Å². The fourth-order valence-corrected chi connectivity index (χ4v) is 1.34. The zero-order valence-electron chi connectivity index (χ0n) is 6.29. The van der Waals surface area contributed by atoms with Gasteiger partial charge in [0.1, 0.15) is 0 Å². The molecule has 1 heterocycles. The first-order valence-electron chi connectivity index (χ1n) is 3.47. The topological polar surface area (TPSA) is 96.2 Å². The average molecular weight is 198 g/mol. The normalized spacial score (nSPS) is 30.9. The standard InChI is InChI=1S/C5H11O6P/c6-4-1-5(10-2-4)3-11-12(7,8)9/h4-6H,1-3H2,(H2,7,8,9). The monoisotopic (exact) mass is 198 g/mol. The number of phosphoric acid groups is 1. The molecule has 7 heteroatoms. The first-order valence-corrected chi connectivity index (χ1v) is 5.00. The van der Waals surface area contributed by atoms with Crippen molar-refractivity contribution in [2.24, 2.45) is 0 Å². The van der Waals surface area contributed by atoms with Crippen molar-refractivity contribution in [3.05, 3.63) is 0 Å². The molecular weight excluding hydrogens is 187 g/mol. The highest BCUT2D eigenvalue weighted by Gasteiger charge is 2.26. The SMILES string of the molecule is O=P(O)(O)OCC1CC(O)CO1. The second-order valence-electron chi connectivity index (χ2n) is 2.63. The van der Waals surface area contributed by atoms with E-state index in [4.69, 9.17) is 19.6 Å². The Labute approximate surface area is 69.4 Å². The summed E-state index contributed by atoms with van der Waals surface area (Å²) in [6.07, 6.45) is -0.594. The zero-order chi connectivity index (χ0) is 9.19. The molecule has 0 aromatic heterocycles. The van der Waals surface area contributed by atoms with Gasteiger partial charge in [-0.05, 0) is 0 Å². The van der Waals surface area contributed by atoms with Gasteiger partial charge in [0.25, 0.3) is 0 Å². The van der Waals surface area contributed by atoms with Gasteiger partial charge in [-0.1, -0.05) is 0 Å². The Kier molecular flexibility index (Phi) is 3.22. The van der Waals surface area contributed by atoms with Crippen LogP contribution < -0.4 is 0 Å². The van der Waals surface area contributed by atoms with E-state index in [9.17, 15) is 4.57 Å². The van der Waals surface area contributed by atoms with Gasteiger partial charge in [0, 0.05) is 6.42 Å². The predicted molar refractivity (Wildman–Crippen MR) is 38.4 cm³/mol. The van der Waals surface area contributed by atoms with Gasteiger partial charge in [-0.2, -0.15) is 0 Å². The summed E-state index contributed by atoms with van der Waals surface area (Å²) < 4.78 is 19.4. The van der Waals surface area contributed by atoms with Crippen LogP contribution in [-0.4, -0.2) is 40.3 Å². The maximum absolute atomic E-state index is 10.2. The number of phosphoric ester groups is 1. The van der Waals surface area contributed by atoms with Gasteiger partial charge in [-0.3, -0.25) is 4.52 Å². The molecule has 2 atom stereocenters. The molecule has 0 spiro atoms. The lowest BCUT2D eigenvalue weighted by atomic mass is 10.2. The minimum atomic E-state index is -4.40. The molecule has 0 radical (unpaired) electrons.